The molecule has 0 spiro atoms. The Kier molecular flexibility index (Phi) is 7.03. The third-order valence-electron chi connectivity index (χ3n) is 3.80. The zero-order valence-electron chi connectivity index (χ0n) is 15.2. The number of methoxy groups -OCH3 is 2. The van der Waals surface area contributed by atoms with Crippen LogP contribution in [0.3, 0.4) is 0 Å². The standard InChI is InChI=1S/C18H23N3O5S/c1-25-16-7-6-13(10-17(16)26-2)8-9-20-18(22)12-21-14-4-3-5-15(11-14)27(19,23)24/h3-7,10-11,21H,8-9,12H2,1-2H3,(H,20,22)(H2,19,23,24). The number of benzene rings is 2. The highest BCUT2D eigenvalue weighted by Crippen LogP contribution is 2.27. The molecule has 2 rings (SSSR count). The lowest BCUT2D eigenvalue weighted by Gasteiger charge is -2.11. The maximum Gasteiger partial charge on any atom is 0.239 e. The minimum Gasteiger partial charge on any atom is -0.493 e. The third kappa shape index (κ3) is 6.15. The van der Waals surface area contributed by atoms with Gasteiger partial charge in [0.05, 0.1) is 25.7 Å². The van der Waals surface area contributed by atoms with Crippen LogP contribution in [0.4, 0.5) is 5.69 Å². The van der Waals surface area contributed by atoms with Crippen molar-refractivity contribution in [3.8, 4) is 11.5 Å². The maximum atomic E-state index is 12.0. The molecule has 0 saturated heterocycles. The van der Waals surface area contributed by atoms with Gasteiger partial charge in [0.25, 0.3) is 0 Å². The number of amides is 1. The number of sulfonamides is 1. The monoisotopic (exact) mass is 393 g/mol. The highest BCUT2D eigenvalue weighted by Gasteiger charge is 2.09. The second-order valence-electron chi connectivity index (χ2n) is 5.72. The minimum atomic E-state index is -3.78. The molecule has 2 aromatic rings. The second kappa shape index (κ2) is 9.24. The Balaban J connectivity index is 1.82. The molecule has 0 radical (unpaired) electrons. The van der Waals surface area contributed by atoms with Crippen LogP contribution in [-0.4, -0.2) is 41.6 Å². The average Bonchev–Trinajstić information content (AvgIpc) is 2.65. The molecule has 0 bridgehead atoms. The van der Waals surface area contributed by atoms with Gasteiger partial charge in [-0.3, -0.25) is 4.79 Å². The van der Waals surface area contributed by atoms with E-state index < -0.39 is 10.0 Å². The van der Waals surface area contributed by atoms with Crippen molar-refractivity contribution in [3.63, 3.8) is 0 Å². The highest BCUT2D eigenvalue weighted by molar-refractivity contribution is 7.89. The van der Waals surface area contributed by atoms with Crippen molar-refractivity contribution in [1.29, 1.82) is 0 Å². The predicted molar refractivity (Wildman–Crippen MR) is 103 cm³/mol. The van der Waals surface area contributed by atoms with Gasteiger partial charge in [-0.05, 0) is 42.3 Å². The molecule has 27 heavy (non-hydrogen) atoms. The number of anilines is 1. The van der Waals surface area contributed by atoms with Crippen molar-refractivity contribution in [2.45, 2.75) is 11.3 Å². The summed E-state index contributed by atoms with van der Waals surface area (Å²) in [6, 6.07) is 11.6. The van der Waals surface area contributed by atoms with Crippen molar-refractivity contribution in [1.82, 2.24) is 5.32 Å². The van der Waals surface area contributed by atoms with Gasteiger partial charge in [-0.2, -0.15) is 0 Å². The Morgan fingerprint density at radius 2 is 1.81 bits per heavy atom. The van der Waals surface area contributed by atoms with E-state index in [2.05, 4.69) is 10.6 Å². The summed E-state index contributed by atoms with van der Waals surface area (Å²) in [7, 11) is -0.637. The van der Waals surface area contributed by atoms with Crippen molar-refractivity contribution in [3.05, 3.63) is 48.0 Å². The predicted octanol–water partition coefficient (Wildman–Crippen LogP) is 1.12. The largest absolute Gasteiger partial charge is 0.493 e. The van der Waals surface area contributed by atoms with E-state index in [0.29, 0.717) is 30.2 Å². The first-order chi connectivity index (χ1) is 12.8. The van der Waals surface area contributed by atoms with Crippen LogP contribution in [0.2, 0.25) is 0 Å². The second-order valence-corrected chi connectivity index (χ2v) is 7.28. The average molecular weight is 393 g/mol. The normalized spacial score (nSPS) is 10.9. The summed E-state index contributed by atoms with van der Waals surface area (Å²) < 4.78 is 33.1. The number of rotatable bonds is 9. The molecule has 9 heteroatoms. The lowest BCUT2D eigenvalue weighted by molar-refractivity contribution is -0.119. The first-order valence-corrected chi connectivity index (χ1v) is 9.72. The number of carbonyl (C=O) groups is 1. The fourth-order valence-corrected chi connectivity index (χ4v) is 2.97. The quantitative estimate of drug-likeness (QED) is 0.587. The molecule has 0 aromatic heterocycles. The van der Waals surface area contributed by atoms with Crippen molar-refractivity contribution in [2.24, 2.45) is 5.14 Å². The lowest BCUT2D eigenvalue weighted by atomic mass is 10.1. The summed E-state index contributed by atoms with van der Waals surface area (Å²) in [4.78, 5) is 11.9. The first-order valence-electron chi connectivity index (χ1n) is 8.18. The smallest absolute Gasteiger partial charge is 0.239 e. The Labute approximate surface area is 158 Å². The fourth-order valence-electron chi connectivity index (χ4n) is 2.41. The molecule has 0 aliphatic rings. The van der Waals surface area contributed by atoms with Crippen molar-refractivity contribution < 1.29 is 22.7 Å². The highest BCUT2D eigenvalue weighted by atomic mass is 32.2. The van der Waals surface area contributed by atoms with Gasteiger partial charge in [-0.1, -0.05) is 12.1 Å². The number of primary sulfonamides is 1. The molecular formula is C18H23N3O5S. The van der Waals surface area contributed by atoms with E-state index in [1.165, 1.54) is 12.1 Å². The van der Waals surface area contributed by atoms with Crippen LogP contribution in [0.1, 0.15) is 5.56 Å². The summed E-state index contributed by atoms with van der Waals surface area (Å²) >= 11 is 0. The zero-order valence-corrected chi connectivity index (χ0v) is 16.0. The van der Waals surface area contributed by atoms with Crippen molar-refractivity contribution in [2.75, 3.05) is 32.6 Å². The summed E-state index contributed by atoms with van der Waals surface area (Å²) in [5.74, 6) is 1.07. The van der Waals surface area contributed by atoms with Gasteiger partial charge >= 0.3 is 0 Å². The number of nitrogens with two attached hydrogens (primary N) is 1. The molecule has 1 amide bonds. The van der Waals surface area contributed by atoms with Crippen LogP contribution in [0.5, 0.6) is 11.5 Å². The van der Waals surface area contributed by atoms with E-state index in [0.717, 1.165) is 5.56 Å². The molecule has 0 atom stereocenters. The number of nitrogens with one attached hydrogen (secondary N) is 2. The summed E-state index contributed by atoms with van der Waals surface area (Å²) in [6.07, 6.45) is 0.632. The van der Waals surface area contributed by atoms with E-state index in [1.807, 2.05) is 18.2 Å². The molecule has 0 aliphatic carbocycles. The van der Waals surface area contributed by atoms with E-state index in [9.17, 15) is 13.2 Å². The van der Waals surface area contributed by atoms with Gasteiger partial charge in [0, 0.05) is 12.2 Å². The molecule has 0 fully saturated rings. The van der Waals surface area contributed by atoms with Gasteiger partial charge in [-0.25, -0.2) is 13.6 Å². The molecular weight excluding hydrogens is 370 g/mol. The summed E-state index contributed by atoms with van der Waals surface area (Å²) in [6.45, 7) is 0.465. The van der Waals surface area contributed by atoms with Crippen LogP contribution in [0, 0.1) is 0 Å². The van der Waals surface area contributed by atoms with E-state index >= 15 is 0 Å². The zero-order chi connectivity index (χ0) is 19.9. The molecule has 4 N–H and O–H groups in total. The van der Waals surface area contributed by atoms with Crippen LogP contribution < -0.4 is 25.2 Å². The van der Waals surface area contributed by atoms with Gasteiger partial charge < -0.3 is 20.1 Å². The number of ether oxygens (including phenoxy) is 2. The Morgan fingerprint density at radius 3 is 2.48 bits per heavy atom. The number of hydrogen-bond acceptors (Lipinski definition) is 6. The molecule has 146 valence electrons. The topological polar surface area (TPSA) is 120 Å². The van der Waals surface area contributed by atoms with Crippen LogP contribution in [-0.2, 0) is 21.2 Å². The maximum absolute atomic E-state index is 12.0. The van der Waals surface area contributed by atoms with Gasteiger partial charge in [0.2, 0.25) is 15.9 Å². The molecule has 0 saturated carbocycles. The van der Waals surface area contributed by atoms with E-state index in [-0.39, 0.29) is 17.3 Å². The molecule has 0 aliphatic heterocycles. The number of hydrogen-bond donors (Lipinski definition) is 3. The molecule has 8 nitrogen and oxygen atoms in total. The van der Waals surface area contributed by atoms with Crippen LogP contribution in [0.25, 0.3) is 0 Å². The number of carbonyl (C=O) groups excluding carboxylic acids is 1. The van der Waals surface area contributed by atoms with Gasteiger partial charge in [0.15, 0.2) is 11.5 Å². The summed E-state index contributed by atoms with van der Waals surface area (Å²) in [5.41, 5.74) is 1.50. The molecule has 0 heterocycles. The minimum absolute atomic E-state index is 0.0126. The van der Waals surface area contributed by atoms with Crippen LogP contribution >= 0.6 is 0 Å². The Morgan fingerprint density at radius 1 is 1.07 bits per heavy atom. The lowest BCUT2D eigenvalue weighted by Crippen LogP contribution is -2.31. The van der Waals surface area contributed by atoms with Crippen molar-refractivity contribution >= 4 is 21.6 Å². The van der Waals surface area contributed by atoms with Gasteiger partial charge in [-0.15, -0.1) is 0 Å². The summed E-state index contributed by atoms with van der Waals surface area (Å²) in [5, 5.41) is 10.8. The Hall–Kier alpha value is -2.78. The van der Waals surface area contributed by atoms with E-state index in [4.69, 9.17) is 14.6 Å². The van der Waals surface area contributed by atoms with Crippen LogP contribution in [0.15, 0.2) is 47.4 Å². The van der Waals surface area contributed by atoms with E-state index in [1.54, 1.807) is 26.4 Å². The molecule has 0 unspecified atom stereocenters. The van der Waals surface area contributed by atoms with Gasteiger partial charge in [0.1, 0.15) is 0 Å². The first kappa shape index (κ1) is 20.5. The third-order valence-corrected chi connectivity index (χ3v) is 4.71. The Bertz CT molecular complexity index is 900. The fraction of sp³-hybridized carbons (Fsp3) is 0.278. The SMILES string of the molecule is COc1ccc(CCNC(=O)CNc2cccc(S(N)(=O)=O)c2)cc1OC. The molecule has 2 aromatic carbocycles.